The molecular weight excluding hydrogens is 222 g/mol. The molecule has 0 fully saturated rings. The molecule has 0 saturated heterocycles. The Morgan fingerprint density at radius 3 is 2.53 bits per heavy atom. The number of hydrogen-bond acceptors (Lipinski definition) is 4. The van der Waals surface area contributed by atoms with Crippen LogP contribution in [-0.2, 0) is 6.42 Å². The van der Waals surface area contributed by atoms with E-state index in [0.717, 1.165) is 5.56 Å². The lowest BCUT2D eigenvalue weighted by molar-refractivity contribution is 0.0610. The number of aliphatic hydroxyl groups excluding tert-OH is 2. The highest BCUT2D eigenvalue weighted by molar-refractivity contribution is 5.96. The Bertz CT molecular complexity index is 388. The summed E-state index contributed by atoms with van der Waals surface area (Å²) in [6.07, 6.45) is -0.0826. The number of para-hydroxylation sites is 1. The Morgan fingerprint density at radius 2 is 2.06 bits per heavy atom. The Hall–Kier alpha value is -1.59. The van der Waals surface area contributed by atoms with Gasteiger partial charge < -0.3 is 20.7 Å². The van der Waals surface area contributed by atoms with Gasteiger partial charge in [0.15, 0.2) is 0 Å². The van der Waals surface area contributed by atoms with Crippen molar-refractivity contribution in [1.29, 1.82) is 0 Å². The molecule has 1 aromatic rings. The molecule has 0 aliphatic carbocycles. The maximum absolute atomic E-state index is 11.3. The third-order valence-corrected chi connectivity index (χ3v) is 2.43. The SMILES string of the molecule is CCc1cccc(C(N)=O)c1OC(CO)CO. The standard InChI is InChI=1S/C12H17NO4/c1-2-8-4-3-5-10(12(13)16)11(8)17-9(6-14)7-15/h3-5,9,14-15H,2,6-7H2,1H3,(H2,13,16). The van der Waals surface area contributed by atoms with E-state index in [1.807, 2.05) is 13.0 Å². The van der Waals surface area contributed by atoms with Crippen LogP contribution in [0.2, 0.25) is 0 Å². The first-order valence-electron chi connectivity index (χ1n) is 5.44. The summed E-state index contributed by atoms with van der Waals surface area (Å²) in [6.45, 7) is 1.26. The number of ether oxygens (including phenoxy) is 1. The van der Waals surface area contributed by atoms with Crippen molar-refractivity contribution in [3.05, 3.63) is 29.3 Å². The van der Waals surface area contributed by atoms with Crippen molar-refractivity contribution >= 4 is 5.91 Å². The molecule has 5 nitrogen and oxygen atoms in total. The molecule has 0 aliphatic heterocycles. The fraction of sp³-hybridized carbons (Fsp3) is 0.417. The molecular formula is C12H17NO4. The van der Waals surface area contributed by atoms with Crippen LogP contribution in [0.5, 0.6) is 5.75 Å². The molecule has 1 amide bonds. The highest BCUT2D eigenvalue weighted by Crippen LogP contribution is 2.25. The molecule has 17 heavy (non-hydrogen) atoms. The monoisotopic (exact) mass is 239 g/mol. The van der Waals surface area contributed by atoms with Crippen LogP contribution < -0.4 is 10.5 Å². The summed E-state index contributed by atoms with van der Waals surface area (Å²) in [7, 11) is 0. The second-order valence-electron chi connectivity index (χ2n) is 3.62. The maximum Gasteiger partial charge on any atom is 0.252 e. The fourth-order valence-corrected chi connectivity index (χ4v) is 1.50. The quantitative estimate of drug-likeness (QED) is 0.655. The van der Waals surface area contributed by atoms with Gasteiger partial charge in [-0.05, 0) is 18.1 Å². The molecule has 0 atom stereocenters. The zero-order chi connectivity index (χ0) is 12.8. The van der Waals surface area contributed by atoms with Gasteiger partial charge in [-0.2, -0.15) is 0 Å². The topological polar surface area (TPSA) is 92.8 Å². The largest absolute Gasteiger partial charge is 0.484 e. The van der Waals surface area contributed by atoms with Crippen molar-refractivity contribution in [3.8, 4) is 5.75 Å². The van der Waals surface area contributed by atoms with Crippen LogP contribution in [-0.4, -0.2) is 35.4 Å². The normalized spacial score (nSPS) is 10.6. The van der Waals surface area contributed by atoms with E-state index in [2.05, 4.69) is 0 Å². The molecule has 0 saturated carbocycles. The summed E-state index contributed by atoms with van der Waals surface area (Å²) >= 11 is 0. The van der Waals surface area contributed by atoms with Gasteiger partial charge in [-0.25, -0.2) is 0 Å². The van der Waals surface area contributed by atoms with Crippen molar-refractivity contribution in [2.75, 3.05) is 13.2 Å². The summed E-state index contributed by atoms with van der Waals surface area (Å²) in [5.41, 5.74) is 6.33. The van der Waals surface area contributed by atoms with Crippen LogP contribution in [0.15, 0.2) is 18.2 Å². The summed E-state index contributed by atoms with van der Waals surface area (Å²) in [5.74, 6) is -0.250. The van der Waals surface area contributed by atoms with Gasteiger partial charge in [0.1, 0.15) is 11.9 Å². The lowest BCUT2D eigenvalue weighted by atomic mass is 10.1. The average molecular weight is 239 g/mol. The van der Waals surface area contributed by atoms with Gasteiger partial charge in [0.05, 0.1) is 18.8 Å². The zero-order valence-corrected chi connectivity index (χ0v) is 9.72. The van der Waals surface area contributed by atoms with E-state index in [0.29, 0.717) is 12.2 Å². The molecule has 4 N–H and O–H groups in total. The van der Waals surface area contributed by atoms with Crippen molar-refractivity contribution in [2.45, 2.75) is 19.4 Å². The molecule has 0 aliphatic rings. The van der Waals surface area contributed by atoms with Crippen LogP contribution in [0.25, 0.3) is 0 Å². The Kier molecular flexibility index (Phi) is 4.93. The van der Waals surface area contributed by atoms with E-state index in [9.17, 15) is 4.79 Å². The Morgan fingerprint density at radius 1 is 1.41 bits per heavy atom. The smallest absolute Gasteiger partial charge is 0.252 e. The number of primary amides is 1. The first-order chi connectivity index (χ1) is 8.13. The van der Waals surface area contributed by atoms with Gasteiger partial charge in [0, 0.05) is 0 Å². The van der Waals surface area contributed by atoms with Gasteiger partial charge in [-0.15, -0.1) is 0 Å². The highest BCUT2D eigenvalue weighted by Gasteiger charge is 2.17. The van der Waals surface area contributed by atoms with Gasteiger partial charge in [0.25, 0.3) is 5.91 Å². The van der Waals surface area contributed by atoms with Gasteiger partial charge in [0.2, 0.25) is 0 Å². The first-order valence-corrected chi connectivity index (χ1v) is 5.44. The number of rotatable bonds is 6. The van der Waals surface area contributed by atoms with E-state index >= 15 is 0 Å². The molecule has 5 heteroatoms. The molecule has 1 aromatic carbocycles. The van der Waals surface area contributed by atoms with E-state index < -0.39 is 12.0 Å². The van der Waals surface area contributed by atoms with Gasteiger partial charge in [-0.3, -0.25) is 4.79 Å². The number of aliphatic hydroxyl groups is 2. The molecule has 0 radical (unpaired) electrons. The third kappa shape index (κ3) is 3.18. The van der Waals surface area contributed by atoms with Crippen molar-refractivity contribution in [1.82, 2.24) is 0 Å². The van der Waals surface area contributed by atoms with Crippen LogP contribution in [0, 0.1) is 0 Å². The molecule has 0 aromatic heterocycles. The van der Waals surface area contributed by atoms with Crippen LogP contribution in [0.3, 0.4) is 0 Å². The molecule has 94 valence electrons. The van der Waals surface area contributed by atoms with Crippen molar-refractivity contribution in [3.63, 3.8) is 0 Å². The first kappa shape index (κ1) is 13.5. The summed E-state index contributed by atoms with van der Waals surface area (Å²) < 4.78 is 5.43. The second-order valence-corrected chi connectivity index (χ2v) is 3.62. The molecule has 0 spiro atoms. The Balaban J connectivity index is 3.12. The van der Waals surface area contributed by atoms with Crippen LogP contribution in [0.4, 0.5) is 0 Å². The van der Waals surface area contributed by atoms with Crippen LogP contribution in [0.1, 0.15) is 22.8 Å². The molecule has 0 unspecified atom stereocenters. The van der Waals surface area contributed by atoms with E-state index in [-0.39, 0.29) is 18.8 Å². The highest BCUT2D eigenvalue weighted by atomic mass is 16.5. The predicted octanol–water partition coefficient (Wildman–Crippen LogP) is 0.0799. The number of benzene rings is 1. The second kappa shape index (κ2) is 6.22. The van der Waals surface area contributed by atoms with E-state index in [4.69, 9.17) is 20.7 Å². The summed E-state index contributed by atoms with van der Waals surface area (Å²) in [6, 6.07) is 5.09. The Labute approximate surface area is 99.8 Å². The minimum absolute atomic E-state index is 0.260. The lowest BCUT2D eigenvalue weighted by Crippen LogP contribution is -2.27. The number of carbonyl (C=O) groups excluding carboxylic acids is 1. The zero-order valence-electron chi connectivity index (χ0n) is 9.72. The summed E-state index contributed by atoms with van der Waals surface area (Å²) in [4.78, 5) is 11.3. The third-order valence-electron chi connectivity index (χ3n) is 2.43. The number of aryl methyl sites for hydroxylation is 1. The fourth-order valence-electron chi connectivity index (χ4n) is 1.50. The minimum atomic E-state index is -0.749. The number of carbonyl (C=O) groups is 1. The average Bonchev–Trinajstić information content (AvgIpc) is 2.35. The number of nitrogens with two attached hydrogens (primary N) is 1. The number of amides is 1. The van der Waals surface area contributed by atoms with Gasteiger partial charge in [-0.1, -0.05) is 19.1 Å². The predicted molar refractivity (Wildman–Crippen MR) is 62.9 cm³/mol. The minimum Gasteiger partial charge on any atom is -0.484 e. The van der Waals surface area contributed by atoms with Crippen molar-refractivity contribution in [2.24, 2.45) is 5.73 Å². The van der Waals surface area contributed by atoms with E-state index in [1.165, 1.54) is 0 Å². The van der Waals surface area contributed by atoms with Crippen molar-refractivity contribution < 1.29 is 19.7 Å². The van der Waals surface area contributed by atoms with E-state index in [1.54, 1.807) is 12.1 Å². The molecule has 1 rings (SSSR count). The molecule has 0 bridgehead atoms. The lowest BCUT2D eigenvalue weighted by Gasteiger charge is -2.18. The summed E-state index contributed by atoms with van der Waals surface area (Å²) in [5, 5.41) is 18.0. The van der Waals surface area contributed by atoms with Crippen LogP contribution >= 0.6 is 0 Å². The number of hydrogen-bond donors (Lipinski definition) is 3. The maximum atomic E-state index is 11.3. The van der Waals surface area contributed by atoms with Gasteiger partial charge >= 0.3 is 0 Å². The molecule has 0 heterocycles.